The number of benzene rings is 3. The first-order valence-corrected chi connectivity index (χ1v) is 14.6. The number of hydrogen-bond acceptors (Lipinski definition) is 7. The number of carbonyl (C=O) groups is 1. The van der Waals surface area contributed by atoms with E-state index in [1.54, 1.807) is 25.3 Å². The van der Waals surface area contributed by atoms with Gasteiger partial charge >= 0.3 is 5.97 Å². The third-order valence-electron chi connectivity index (χ3n) is 7.11. The molecule has 3 aromatic carbocycles. The highest BCUT2D eigenvalue weighted by atomic mass is 19.1. The van der Waals surface area contributed by atoms with Crippen molar-refractivity contribution >= 4 is 17.0 Å². The van der Waals surface area contributed by atoms with E-state index in [9.17, 15) is 9.18 Å². The number of imidazole rings is 1. The normalized spacial score (nSPS) is 10.7. The second-order valence-electron chi connectivity index (χ2n) is 9.99. The van der Waals surface area contributed by atoms with Gasteiger partial charge in [-0.05, 0) is 60.5 Å². The smallest absolute Gasteiger partial charge is 0.337 e. The maximum absolute atomic E-state index is 15.5. The number of esters is 1. The Morgan fingerprint density at radius 1 is 0.935 bits per heavy atom. The molecule has 2 heterocycles. The number of nitrogens with zero attached hydrogens (tertiary/aromatic N) is 4. The van der Waals surface area contributed by atoms with Crippen LogP contribution in [0.1, 0.15) is 52.3 Å². The predicted molar refractivity (Wildman–Crippen MR) is 167 cm³/mol. The summed E-state index contributed by atoms with van der Waals surface area (Å²) in [4.78, 5) is 21.2. The van der Waals surface area contributed by atoms with E-state index in [4.69, 9.17) is 24.5 Å². The zero-order valence-corrected chi connectivity index (χ0v) is 26.2. The highest BCUT2D eigenvalue weighted by Crippen LogP contribution is 2.29. The molecule has 0 aliphatic heterocycles. The molecule has 5 rings (SSSR count). The van der Waals surface area contributed by atoms with Gasteiger partial charge in [-0.15, -0.1) is 0 Å². The molecular weight excluding hydrogens is 597 g/mol. The van der Waals surface area contributed by atoms with Gasteiger partial charge in [-0.1, -0.05) is 26.0 Å². The van der Waals surface area contributed by atoms with Crippen LogP contribution < -0.4 is 4.74 Å². The molecule has 0 radical (unpaired) electrons. The van der Waals surface area contributed by atoms with Gasteiger partial charge in [-0.25, -0.2) is 27.9 Å². The van der Waals surface area contributed by atoms with Gasteiger partial charge in [0.15, 0.2) is 0 Å². The molecule has 0 unspecified atom stereocenters. The summed E-state index contributed by atoms with van der Waals surface area (Å²) >= 11 is 0. The number of aromatic nitrogens is 3. The van der Waals surface area contributed by atoms with Crippen LogP contribution in [0.15, 0.2) is 60.7 Å². The summed E-state index contributed by atoms with van der Waals surface area (Å²) in [6.45, 7) is 6.34. The fourth-order valence-electron chi connectivity index (χ4n) is 4.86. The Kier molecular flexibility index (Phi) is 11.1. The molecule has 0 aliphatic carbocycles. The number of halogens is 3. The Morgan fingerprint density at radius 2 is 1.70 bits per heavy atom. The number of nitriles is 1. The number of methoxy groups -OCH3 is 2. The van der Waals surface area contributed by atoms with Crippen molar-refractivity contribution in [1.29, 1.82) is 5.26 Å². The Hall–Kier alpha value is -5.21. The van der Waals surface area contributed by atoms with Gasteiger partial charge in [0, 0.05) is 37.3 Å². The molecule has 2 aromatic heterocycles. The summed E-state index contributed by atoms with van der Waals surface area (Å²) in [5.74, 6) is -1.90. The monoisotopic (exact) mass is 630 g/mol. The zero-order valence-electron chi connectivity index (χ0n) is 26.2. The van der Waals surface area contributed by atoms with Gasteiger partial charge < -0.3 is 18.8 Å². The van der Waals surface area contributed by atoms with Crippen LogP contribution in [0, 0.1) is 35.7 Å². The lowest BCUT2D eigenvalue weighted by Gasteiger charge is -2.12. The molecule has 8 nitrogen and oxygen atoms in total. The predicted octanol–water partition coefficient (Wildman–Crippen LogP) is 7.32. The zero-order chi connectivity index (χ0) is 33.4. The van der Waals surface area contributed by atoms with Gasteiger partial charge in [-0.3, -0.25) is 0 Å². The molecule has 0 amide bonds. The Bertz CT molecular complexity index is 1920. The summed E-state index contributed by atoms with van der Waals surface area (Å²) in [6.07, 6.45) is -0.0266. The SMILES string of the molecule is CC.COCCn1c(Cc2cc(F)c(-c3cccc(OCc4ccc(C#N)cc4F)n3)cc2F)nc2c(C)cc(C(=O)OC)cc21. The number of fused-ring (bicyclic) bond motifs is 1. The highest BCUT2D eigenvalue weighted by molar-refractivity contribution is 5.95. The second kappa shape index (κ2) is 15.2. The fraction of sp³-hybridized carbons (Fsp3) is 0.257. The molecule has 0 fully saturated rings. The number of aryl methyl sites for hydroxylation is 1. The summed E-state index contributed by atoms with van der Waals surface area (Å²) in [7, 11) is 2.85. The lowest BCUT2D eigenvalue weighted by Crippen LogP contribution is -2.10. The van der Waals surface area contributed by atoms with Crippen molar-refractivity contribution in [2.24, 2.45) is 0 Å². The van der Waals surface area contributed by atoms with E-state index in [-0.39, 0.29) is 46.9 Å². The maximum Gasteiger partial charge on any atom is 0.337 e. The van der Waals surface area contributed by atoms with Crippen LogP contribution in [0.25, 0.3) is 22.3 Å². The minimum Gasteiger partial charge on any atom is -0.473 e. The van der Waals surface area contributed by atoms with Crippen LogP contribution in [0.3, 0.4) is 0 Å². The van der Waals surface area contributed by atoms with Crippen LogP contribution in [0.5, 0.6) is 5.88 Å². The molecule has 0 atom stereocenters. The van der Waals surface area contributed by atoms with Gasteiger partial charge in [0.2, 0.25) is 5.88 Å². The molecule has 0 spiro atoms. The number of ether oxygens (including phenoxy) is 3. The topological polar surface area (TPSA) is 99.3 Å². The van der Waals surface area contributed by atoms with Crippen molar-refractivity contribution in [2.75, 3.05) is 20.8 Å². The first-order valence-electron chi connectivity index (χ1n) is 14.6. The van der Waals surface area contributed by atoms with Gasteiger partial charge in [0.05, 0.1) is 47.6 Å². The Balaban J connectivity index is 0.00000235. The minimum atomic E-state index is -0.701. The van der Waals surface area contributed by atoms with Crippen LogP contribution in [-0.2, 0) is 29.0 Å². The first-order chi connectivity index (χ1) is 22.2. The van der Waals surface area contributed by atoms with Crippen molar-refractivity contribution in [2.45, 2.75) is 40.3 Å². The van der Waals surface area contributed by atoms with Gasteiger partial charge in [0.1, 0.15) is 29.9 Å². The highest BCUT2D eigenvalue weighted by Gasteiger charge is 2.20. The van der Waals surface area contributed by atoms with Crippen molar-refractivity contribution < 1.29 is 32.2 Å². The minimum absolute atomic E-state index is 0.0266. The molecule has 0 saturated heterocycles. The largest absolute Gasteiger partial charge is 0.473 e. The summed E-state index contributed by atoms with van der Waals surface area (Å²) in [5.41, 5.74) is 2.89. The van der Waals surface area contributed by atoms with E-state index < -0.39 is 23.4 Å². The number of pyridine rings is 1. The van der Waals surface area contributed by atoms with Crippen molar-refractivity contribution in [3.05, 3.63) is 112 Å². The quantitative estimate of drug-likeness (QED) is 0.149. The van der Waals surface area contributed by atoms with Crippen LogP contribution >= 0.6 is 0 Å². The molecule has 5 aromatic rings. The van der Waals surface area contributed by atoms with Crippen LogP contribution in [0.4, 0.5) is 13.2 Å². The molecule has 0 bridgehead atoms. The lowest BCUT2D eigenvalue weighted by molar-refractivity contribution is 0.0600. The number of hydrogen-bond donors (Lipinski definition) is 0. The molecule has 238 valence electrons. The molecule has 11 heteroatoms. The van der Waals surface area contributed by atoms with Gasteiger partial charge in [0.25, 0.3) is 0 Å². The molecule has 46 heavy (non-hydrogen) atoms. The molecule has 0 N–H and O–H groups in total. The van der Waals surface area contributed by atoms with Crippen molar-refractivity contribution in [3.63, 3.8) is 0 Å². The van der Waals surface area contributed by atoms with Gasteiger partial charge in [-0.2, -0.15) is 5.26 Å². The van der Waals surface area contributed by atoms with E-state index in [0.29, 0.717) is 35.6 Å². The van der Waals surface area contributed by atoms with Crippen molar-refractivity contribution in [1.82, 2.24) is 14.5 Å². The Labute approximate surface area is 265 Å². The second-order valence-corrected chi connectivity index (χ2v) is 9.99. The summed E-state index contributed by atoms with van der Waals surface area (Å²) < 4.78 is 62.7. The number of carbonyl (C=O) groups excluding carboxylic acids is 1. The maximum atomic E-state index is 15.5. The van der Waals surface area contributed by atoms with E-state index in [1.165, 1.54) is 31.4 Å². The average molecular weight is 631 g/mol. The van der Waals surface area contributed by atoms with E-state index >= 15 is 8.78 Å². The number of rotatable bonds is 10. The van der Waals surface area contributed by atoms with Crippen LogP contribution in [-0.4, -0.2) is 41.3 Å². The fourth-order valence-corrected chi connectivity index (χ4v) is 4.86. The van der Waals surface area contributed by atoms with Crippen LogP contribution in [0.2, 0.25) is 0 Å². The average Bonchev–Trinajstić information content (AvgIpc) is 3.42. The first kappa shape index (κ1) is 33.7. The van der Waals surface area contributed by atoms with Crippen molar-refractivity contribution in [3.8, 4) is 23.2 Å². The van der Waals surface area contributed by atoms with E-state index in [2.05, 4.69) is 4.98 Å². The summed E-state index contributed by atoms with van der Waals surface area (Å²) in [6, 6.07) is 16.0. The summed E-state index contributed by atoms with van der Waals surface area (Å²) in [5, 5.41) is 8.91. The van der Waals surface area contributed by atoms with E-state index in [1.807, 2.05) is 31.4 Å². The Morgan fingerprint density at radius 3 is 2.39 bits per heavy atom. The molecular formula is C35H33F3N4O4. The molecule has 0 saturated carbocycles. The van der Waals surface area contributed by atoms with E-state index in [0.717, 1.165) is 23.8 Å². The third kappa shape index (κ3) is 7.35. The third-order valence-corrected chi connectivity index (χ3v) is 7.11. The lowest BCUT2D eigenvalue weighted by atomic mass is 10.0. The standard InChI is InChI=1S/C33H27F3N4O4.C2H6/c1-19-11-23(33(41)43-3)14-29-32(19)39-30(40(29)9-10-42-2)15-22-13-27(36)24(16-26(22)35)28-5-4-6-31(38-28)44-18-21-8-7-20(17-37)12-25(21)34;1-2/h4-8,11-14,16H,9-10,15,18H2,1-3H3;1-2H3. The molecule has 0 aliphatic rings.